The molecule has 0 bridgehead atoms. The van der Waals surface area contributed by atoms with Gasteiger partial charge in [0, 0.05) is 33.0 Å². The number of rotatable bonds is 7. The van der Waals surface area contributed by atoms with Crippen LogP contribution in [0.2, 0.25) is 0 Å². The van der Waals surface area contributed by atoms with Gasteiger partial charge in [-0.15, -0.1) is 0 Å². The van der Waals surface area contributed by atoms with Crippen molar-refractivity contribution in [2.75, 3.05) is 20.8 Å². The van der Waals surface area contributed by atoms with Crippen LogP contribution >= 0.6 is 16.8 Å². The second-order valence-electron chi connectivity index (χ2n) is 19.4. The lowest BCUT2D eigenvalue weighted by Gasteiger charge is -2.29. The zero-order chi connectivity index (χ0) is 46.4. The van der Waals surface area contributed by atoms with E-state index in [4.69, 9.17) is 36.0 Å². The van der Waals surface area contributed by atoms with Crippen LogP contribution in [-0.2, 0) is 21.1 Å². The lowest BCUT2D eigenvalue weighted by molar-refractivity contribution is 0.263. The fraction of sp³-hybridized carbons (Fsp3) is 0.370. The van der Waals surface area contributed by atoms with Crippen molar-refractivity contribution in [3.05, 3.63) is 140 Å². The molecule has 5 aromatic carbocycles. The highest BCUT2D eigenvalue weighted by Gasteiger charge is 2.32. The first kappa shape index (κ1) is 46.9. The molecular formula is C54H64O8P2. The first-order valence-corrected chi connectivity index (χ1v) is 24.1. The van der Waals surface area contributed by atoms with Crippen LogP contribution in [0.5, 0.6) is 23.0 Å². The van der Waals surface area contributed by atoms with E-state index in [1.807, 2.05) is 6.07 Å². The number of fused-ring (bicyclic) bond motifs is 4. The average Bonchev–Trinajstić information content (AvgIpc) is 3.37. The Labute approximate surface area is 382 Å². The zero-order valence-electron chi connectivity index (χ0n) is 40.5. The van der Waals surface area contributed by atoms with Crippen molar-refractivity contribution in [1.82, 2.24) is 0 Å². The minimum absolute atomic E-state index is 0.241. The first-order valence-electron chi connectivity index (χ1n) is 21.9. The molecule has 6 aromatic rings. The number of hydrogen-bond donors (Lipinski definition) is 0. The second-order valence-corrected chi connectivity index (χ2v) is 21.4. The van der Waals surface area contributed by atoms with Crippen LogP contribution in [0.25, 0.3) is 33.1 Å². The molecule has 1 unspecified atom stereocenters. The van der Waals surface area contributed by atoms with Crippen molar-refractivity contribution in [1.29, 1.82) is 0 Å². The normalized spacial score (nSPS) is 16.5. The van der Waals surface area contributed by atoms with Gasteiger partial charge in [0.15, 0.2) is 0 Å². The Balaban J connectivity index is 1.42. The molecule has 0 N–H and O–H groups in total. The van der Waals surface area contributed by atoms with Crippen molar-refractivity contribution < 1.29 is 36.0 Å². The predicted octanol–water partition coefficient (Wildman–Crippen LogP) is 16.3. The Kier molecular flexibility index (Phi) is 13.5. The molecule has 0 amide bonds. The molecule has 1 aliphatic rings. The summed E-state index contributed by atoms with van der Waals surface area (Å²) in [6.45, 7) is 30.0. The first-order chi connectivity index (χ1) is 30.1. The van der Waals surface area contributed by atoms with E-state index >= 15 is 0 Å². The summed E-state index contributed by atoms with van der Waals surface area (Å²) < 4.78 is 53.6. The van der Waals surface area contributed by atoms with E-state index in [0.29, 0.717) is 23.7 Å². The topological polar surface area (TPSA) is 81.7 Å². The summed E-state index contributed by atoms with van der Waals surface area (Å²) in [6, 6.07) is 21.2. The van der Waals surface area contributed by atoms with Crippen molar-refractivity contribution in [3.63, 3.8) is 0 Å². The minimum Gasteiger partial charge on any atom is -0.497 e. The highest BCUT2D eigenvalue weighted by molar-refractivity contribution is 7.42. The average molecular weight is 903 g/mol. The number of allylic oxidation sites excluding steroid dienone is 2. The van der Waals surface area contributed by atoms with Crippen LogP contribution in [0.3, 0.4) is 0 Å². The van der Waals surface area contributed by atoms with Crippen LogP contribution < -0.4 is 18.3 Å². The summed E-state index contributed by atoms with van der Waals surface area (Å²) >= 11 is 0. The van der Waals surface area contributed by atoms with Crippen molar-refractivity contribution >= 4 is 38.8 Å². The Morgan fingerprint density at radius 3 is 1.58 bits per heavy atom. The highest BCUT2D eigenvalue weighted by atomic mass is 31.2. The molecule has 2 heterocycles. The van der Waals surface area contributed by atoms with Crippen LogP contribution in [0, 0.1) is 60.8 Å². The van der Waals surface area contributed by atoms with Gasteiger partial charge < -0.3 is 31.4 Å². The van der Waals surface area contributed by atoms with Gasteiger partial charge in [0.25, 0.3) is 0 Å². The quantitative estimate of drug-likeness (QED) is 0.147. The minimum atomic E-state index is -2.07. The van der Waals surface area contributed by atoms with E-state index in [0.717, 1.165) is 106 Å². The summed E-state index contributed by atoms with van der Waals surface area (Å²) in [5, 5.41) is 1.99. The number of hydrogen-bond acceptors (Lipinski definition) is 8. The Hall–Kier alpha value is -5.13. The third-order valence-electron chi connectivity index (χ3n) is 11.6. The fourth-order valence-electron chi connectivity index (χ4n) is 8.38. The van der Waals surface area contributed by atoms with Gasteiger partial charge in [0.05, 0.1) is 20.8 Å². The molecule has 0 aliphatic carbocycles. The van der Waals surface area contributed by atoms with Crippen LogP contribution in [0.1, 0.15) is 97.2 Å². The van der Waals surface area contributed by atoms with Gasteiger partial charge in [-0.1, -0.05) is 65.8 Å². The Morgan fingerprint density at radius 2 is 1.08 bits per heavy atom. The maximum Gasteiger partial charge on any atom is 0.463 e. The Morgan fingerprint density at radius 1 is 0.562 bits per heavy atom. The van der Waals surface area contributed by atoms with Crippen LogP contribution in [0.4, 0.5) is 0 Å². The van der Waals surface area contributed by atoms with E-state index in [-0.39, 0.29) is 17.4 Å². The maximum atomic E-state index is 7.19. The number of ether oxygens (including phenoxy) is 2. The molecule has 1 atom stereocenters. The molecule has 0 saturated heterocycles. The van der Waals surface area contributed by atoms with E-state index in [9.17, 15) is 0 Å². The smallest absolute Gasteiger partial charge is 0.463 e. The summed E-state index contributed by atoms with van der Waals surface area (Å²) in [7, 11) is -0.651. The molecule has 0 spiro atoms. The molecule has 0 fully saturated rings. The lowest BCUT2D eigenvalue weighted by Crippen LogP contribution is -2.17. The van der Waals surface area contributed by atoms with Gasteiger partial charge in [0.1, 0.15) is 39.9 Å². The van der Waals surface area contributed by atoms with E-state index in [1.165, 1.54) is 0 Å². The van der Waals surface area contributed by atoms with Crippen molar-refractivity contribution in [2.45, 2.75) is 109 Å². The van der Waals surface area contributed by atoms with Gasteiger partial charge in [-0.05, 0) is 171 Å². The maximum absolute atomic E-state index is 7.19. The zero-order valence-corrected chi connectivity index (χ0v) is 42.3. The number of aryl methyl sites for hydroxylation is 8. The third kappa shape index (κ3) is 10.1. The molecule has 1 aromatic heterocycles. The summed E-state index contributed by atoms with van der Waals surface area (Å²) in [5.41, 5.74) is 13.9. The van der Waals surface area contributed by atoms with Crippen molar-refractivity contribution in [2.24, 2.45) is 5.41 Å². The third-order valence-corrected chi connectivity index (χ3v) is 13.6. The standard InChI is InChI=1S/C54H64O8P2/c1-31-19-35(5)48(58-63-57-30-40(53(9,10)11)28-41(55-15)18-17-39-27-42(56-16)29-47(52(39)62-63)54(12,13)14)43(23-31)44-24-32(2)20-36(6)49(44)59-64-60-50-37(7)21-33(3)25-45(50)46-26-34(4)22-38(8)51(46)61-64/h18-29H,17,30H2,1-16H3/b40-28+,41-18+. The molecule has 8 nitrogen and oxygen atoms in total. The summed E-state index contributed by atoms with van der Waals surface area (Å²) in [5.74, 6) is 3.48. The number of benzene rings is 5. The van der Waals surface area contributed by atoms with E-state index < -0.39 is 16.8 Å². The van der Waals surface area contributed by atoms with Crippen LogP contribution in [0.15, 0.2) is 92.5 Å². The van der Waals surface area contributed by atoms with Gasteiger partial charge >= 0.3 is 16.8 Å². The molecule has 0 saturated carbocycles. The van der Waals surface area contributed by atoms with E-state index in [1.54, 1.807) is 14.2 Å². The summed E-state index contributed by atoms with van der Waals surface area (Å²) in [6.07, 6.45) is 4.70. The van der Waals surface area contributed by atoms with Gasteiger partial charge in [-0.25, -0.2) is 0 Å². The Bertz CT molecular complexity index is 2800. The lowest BCUT2D eigenvalue weighted by atomic mass is 9.84. The summed E-state index contributed by atoms with van der Waals surface area (Å²) in [4.78, 5) is 0. The molecule has 338 valence electrons. The molecule has 10 heteroatoms. The SMILES string of the molecule is COC1=C/Cc2cc(OC)cc(C(C)(C)C)c2OP(Oc2c(C)cc(C)cc2-c2cc(C)cc(C)c2Op2oc3c(C)cc(C)cc3c3cc(C)cc(C)c3o2)OC/C(C(C)(C)C)=C\1. The molecule has 64 heavy (non-hydrogen) atoms. The van der Waals surface area contributed by atoms with Crippen molar-refractivity contribution in [3.8, 4) is 34.1 Å². The van der Waals surface area contributed by atoms with Crippen LogP contribution in [-0.4, -0.2) is 20.8 Å². The monoisotopic (exact) mass is 902 g/mol. The van der Waals surface area contributed by atoms with Gasteiger partial charge in [-0.2, -0.15) is 0 Å². The highest BCUT2D eigenvalue weighted by Crippen LogP contribution is 2.53. The van der Waals surface area contributed by atoms with Gasteiger partial charge in [-0.3, -0.25) is 4.52 Å². The predicted molar refractivity (Wildman–Crippen MR) is 264 cm³/mol. The van der Waals surface area contributed by atoms with Gasteiger partial charge in [0.2, 0.25) is 0 Å². The molecule has 1 aliphatic heterocycles. The fourth-order valence-corrected chi connectivity index (χ4v) is 10.8. The molecular weight excluding hydrogens is 839 g/mol. The second kappa shape index (κ2) is 18.4. The largest absolute Gasteiger partial charge is 0.497 e. The molecule has 7 rings (SSSR count). The van der Waals surface area contributed by atoms with E-state index in [2.05, 4.69) is 164 Å². The molecule has 0 radical (unpaired) electrons. The number of methoxy groups -OCH3 is 2.